The topological polar surface area (TPSA) is 57.5 Å². The van der Waals surface area contributed by atoms with Gasteiger partial charge >= 0.3 is 0 Å². The lowest BCUT2D eigenvalue weighted by molar-refractivity contribution is 0.0953. The summed E-state index contributed by atoms with van der Waals surface area (Å²) in [6.07, 6.45) is 0.690. The number of ketones is 1. The molecular weight excluding hydrogens is 352 g/mol. The summed E-state index contributed by atoms with van der Waals surface area (Å²) < 4.78 is 0.947. The number of phenols is 2. The van der Waals surface area contributed by atoms with Crippen LogP contribution in [-0.4, -0.2) is 16.0 Å². The highest BCUT2D eigenvalue weighted by Crippen LogP contribution is 2.46. The van der Waals surface area contributed by atoms with E-state index in [4.69, 9.17) is 0 Å². The number of phenolic OH excluding ortho intramolecular Hbond substituents is 2. The van der Waals surface area contributed by atoms with Gasteiger partial charge in [-0.2, -0.15) is 0 Å². The van der Waals surface area contributed by atoms with E-state index in [-0.39, 0.29) is 23.2 Å². The molecule has 0 spiro atoms. The third-order valence-electron chi connectivity index (χ3n) is 3.64. The van der Waals surface area contributed by atoms with Gasteiger partial charge in [0.05, 0.1) is 0 Å². The molecule has 5 heteroatoms. The lowest BCUT2D eigenvalue weighted by atomic mass is 9.88. The lowest BCUT2D eigenvalue weighted by Gasteiger charge is -2.14. The predicted molar refractivity (Wildman–Crippen MR) is 85.4 cm³/mol. The van der Waals surface area contributed by atoms with Crippen molar-refractivity contribution < 1.29 is 15.0 Å². The molecule has 0 amide bonds. The van der Waals surface area contributed by atoms with Gasteiger partial charge in [-0.05, 0) is 36.2 Å². The summed E-state index contributed by atoms with van der Waals surface area (Å²) in [5, 5.41) is 19.4. The smallest absolute Gasteiger partial charge is 0.171 e. The van der Waals surface area contributed by atoms with Crippen LogP contribution in [0.3, 0.4) is 0 Å². The molecule has 2 N–H and O–H groups in total. The summed E-state index contributed by atoms with van der Waals surface area (Å²) in [6, 6.07) is 8.69. The fourth-order valence-corrected chi connectivity index (χ4v) is 4.28. The van der Waals surface area contributed by atoms with E-state index >= 15 is 0 Å². The van der Waals surface area contributed by atoms with Gasteiger partial charge in [0.2, 0.25) is 0 Å². The molecule has 1 atom stereocenters. The normalized spacial score (nSPS) is 17.0. The number of hydrogen-bond acceptors (Lipinski definition) is 4. The summed E-state index contributed by atoms with van der Waals surface area (Å²) >= 11 is 4.89. The van der Waals surface area contributed by atoms with Gasteiger partial charge in [-0.25, -0.2) is 0 Å². The fourth-order valence-electron chi connectivity index (χ4n) is 2.57. The number of hydrogen-bond donors (Lipinski definition) is 2. The molecule has 3 rings (SSSR count). The first kappa shape index (κ1) is 14.5. The summed E-state index contributed by atoms with van der Waals surface area (Å²) in [7, 11) is 0. The third kappa shape index (κ3) is 2.45. The van der Waals surface area contributed by atoms with Crippen LogP contribution in [0.1, 0.15) is 35.2 Å². The highest BCUT2D eigenvalue weighted by atomic mass is 79.9. The SMILES string of the molecule is CCC1C(=O)c2cc(O)c(O)cc2Sc2cc(Br)ccc21. The summed E-state index contributed by atoms with van der Waals surface area (Å²) in [5.41, 5.74) is 1.46. The Bertz CT molecular complexity index is 743. The van der Waals surface area contributed by atoms with Crippen LogP contribution in [0.4, 0.5) is 0 Å². The number of carbonyl (C=O) groups is 1. The molecule has 0 radical (unpaired) electrons. The standard InChI is InChI=1S/C16H13BrO3S/c1-2-9-10-4-3-8(17)5-14(10)21-15-7-13(19)12(18)6-11(15)16(9)20/h3-7,9,18-19H,2H2,1H3. The first-order valence-electron chi connectivity index (χ1n) is 6.58. The number of rotatable bonds is 1. The number of carbonyl (C=O) groups excluding carboxylic acids is 1. The zero-order valence-electron chi connectivity index (χ0n) is 11.3. The van der Waals surface area contributed by atoms with E-state index in [1.807, 2.05) is 25.1 Å². The monoisotopic (exact) mass is 364 g/mol. The Morgan fingerprint density at radius 2 is 1.86 bits per heavy atom. The van der Waals surface area contributed by atoms with E-state index in [1.165, 1.54) is 23.9 Å². The fraction of sp³-hybridized carbons (Fsp3) is 0.188. The number of aromatic hydroxyl groups is 2. The highest BCUT2D eigenvalue weighted by molar-refractivity contribution is 9.10. The maximum absolute atomic E-state index is 12.8. The van der Waals surface area contributed by atoms with Crippen molar-refractivity contribution >= 4 is 33.5 Å². The summed E-state index contributed by atoms with van der Waals surface area (Å²) in [5.74, 6) is -0.715. The van der Waals surface area contributed by atoms with Gasteiger partial charge in [0.15, 0.2) is 17.3 Å². The maximum Gasteiger partial charge on any atom is 0.171 e. The molecule has 0 saturated heterocycles. The molecule has 3 nitrogen and oxygen atoms in total. The van der Waals surface area contributed by atoms with Crippen LogP contribution >= 0.6 is 27.7 Å². The van der Waals surface area contributed by atoms with Crippen molar-refractivity contribution in [3.63, 3.8) is 0 Å². The van der Waals surface area contributed by atoms with Gasteiger partial charge in [0.1, 0.15) is 0 Å². The first-order valence-corrected chi connectivity index (χ1v) is 8.19. The summed E-state index contributed by atoms with van der Waals surface area (Å²) in [4.78, 5) is 14.4. The Morgan fingerprint density at radius 1 is 1.14 bits per heavy atom. The van der Waals surface area contributed by atoms with Crippen molar-refractivity contribution in [1.29, 1.82) is 0 Å². The Morgan fingerprint density at radius 3 is 2.57 bits per heavy atom. The lowest BCUT2D eigenvalue weighted by Crippen LogP contribution is -2.12. The van der Waals surface area contributed by atoms with Gasteiger partial charge in [-0.1, -0.05) is 40.7 Å². The predicted octanol–water partition coefficient (Wildman–Crippen LogP) is 4.70. The number of benzene rings is 2. The van der Waals surface area contributed by atoms with Crippen molar-refractivity contribution in [2.75, 3.05) is 0 Å². The zero-order chi connectivity index (χ0) is 15.1. The van der Waals surface area contributed by atoms with E-state index in [9.17, 15) is 15.0 Å². The van der Waals surface area contributed by atoms with Gasteiger partial charge in [0, 0.05) is 25.7 Å². The molecule has 1 heterocycles. The van der Waals surface area contributed by atoms with E-state index in [0.717, 1.165) is 14.9 Å². The van der Waals surface area contributed by atoms with Crippen molar-refractivity contribution in [3.8, 4) is 11.5 Å². The van der Waals surface area contributed by atoms with Crippen molar-refractivity contribution in [2.45, 2.75) is 29.1 Å². The van der Waals surface area contributed by atoms with Crippen LogP contribution in [0.2, 0.25) is 0 Å². The average molecular weight is 365 g/mol. The van der Waals surface area contributed by atoms with Crippen LogP contribution in [0.5, 0.6) is 11.5 Å². The minimum atomic E-state index is -0.260. The molecule has 21 heavy (non-hydrogen) atoms. The second-order valence-electron chi connectivity index (χ2n) is 4.95. The van der Waals surface area contributed by atoms with E-state index in [0.29, 0.717) is 16.9 Å². The first-order chi connectivity index (χ1) is 10.0. The van der Waals surface area contributed by atoms with Crippen molar-refractivity contribution in [3.05, 3.63) is 45.9 Å². The molecule has 2 aromatic carbocycles. The van der Waals surface area contributed by atoms with Crippen LogP contribution in [-0.2, 0) is 0 Å². The zero-order valence-corrected chi connectivity index (χ0v) is 13.7. The van der Waals surface area contributed by atoms with E-state index < -0.39 is 0 Å². The second-order valence-corrected chi connectivity index (χ2v) is 6.95. The molecule has 2 aromatic rings. The third-order valence-corrected chi connectivity index (χ3v) is 5.26. The van der Waals surface area contributed by atoms with Crippen molar-refractivity contribution in [1.82, 2.24) is 0 Å². The van der Waals surface area contributed by atoms with E-state index in [2.05, 4.69) is 15.9 Å². The van der Waals surface area contributed by atoms with Gasteiger partial charge in [-0.3, -0.25) is 4.79 Å². The van der Waals surface area contributed by atoms with Crippen LogP contribution in [0, 0.1) is 0 Å². The quantitative estimate of drug-likeness (QED) is 0.719. The maximum atomic E-state index is 12.8. The Kier molecular flexibility index (Phi) is 3.71. The minimum absolute atomic E-state index is 0.0172. The van der Waals surface area contributed by atoms with Gasteiger partial charge < -0.3 is 10.2 Å². The molecule has 1 aliphatic rings. The van der Waals surface area contributed by atoms with Crippen molar-refractivity contribution in [2.24, 2.45) is 0 Å². The second kappa shape index (κ2) is 5.39. The summed E-state index contributed by atoms with van der Waals surface area (Å²) in [6.45, 7) is 1.98. The molecule has 0 aromatic heterocycles. The minimum Gasteiger partial charge on any atom is -0.504 e. The molecule has 0 bridgehead atoms. The Hall–Kier alpha value is -1.46. The number of halogens is 1. The van der Waals surface area contributed by atoms with Gasteiger partial charge in [-0.15, -0.1) is 0 Å². The molecule has 108 valence electrons. The molecule has 0 fully saturated rings. The molecule has 0 aliphatic carbocycles. The number of fused-ring (bicyclic) bond motifs is 2. The highest BCUT2D eigenvalue weighted by Gasteiger charge is 2.30. The molecular formula is C16H13BrO3S. The molecule has 0 saturated carbocycles. The largest absolute Gasteiger partial charge is 0.504 e. The van der Waals surface area contributed by atoms with Crippen LogP contribution in [0.15, 0.2) is 44.6 Å². The number of Topliss-reactive ketones (excluding diaryl/α,β-unsaturated/α-hetero) is 1. The van der Waals surface area contributed by atoms with Crippen LogP contribution in [0.25, 0.3) is 0 Å². The Balaban J connectivity index is 2.25. The molecule has 1 unspecified atom stereocenters. The van der Waals surface area contributed by atoms with Crippen LogP contribution < -0.4 is 0 Å². The molecule has 1 aliphatic heterocycles. The Labute approximate surface area is 135 Å². The van der Waals surface area contributed by atoms with E-state index in [1.54, 1.807) is 0 Å². The average Bonchev–Trinajstić information content (AvgIpc) is 2.54. The van der Waals surface area contributed by atoms with Gasteiger partial charge in [0.25, 0.3) is 0 Å².